The zero-order chi connectivity index (χ0) is 14.4. The maximum Gasteiger partial charge on any atom is 0.417 e. The summed E-state index contributed by atoms with van der Waals surface area (Å²) in [4.78, 5) is 3.83. The fourth-order valence-electron chi connectivity index (χ4n) is 1.60. The second-order valence-corrected chi connectivity index (χ2v) is 6.40. The highest BCUT2D eigenvalue weighted by atomic mass is 32.2. The SMILES string of the molecule is CCS(=O)(=O)c1c(S)nc2ccc(C(F)(F)F)cn12. The van der Waals surface area contributed by atoms with E-state index in [2.05, 4.69) is 17.6 Å². The Kier molecular flexibility index (Phi) is 3.29. The van der Waals surface area contributed by atoms with Gasteiger partial charge in [0.15, 0.2) is 14.9 Å². The average Bonchev–Trinajstić information content (AvgIpc) is 2.63. The summed E-state index contributed by atoms with van der Waals surface area (Å²) in [5.74, 6) is -0.245. The van der Waals surface area contributed by atoms with Crippen molar-refractivity contribution >= 4 is 28.1 Å². The molecule has 2 heterocycles. The Morgan fingerprint density at radius 2 is 2.00 bits per heavy atom. The van der Waals surface area contributed by atoms with Crippen LogP contribution in [-0.2, 0) is 16.0 Å². The van der Waals surface area contributed by atoms with Crippen molar-refractivity contribution in [1.29, 1.82) is 0 Å². The number of nitrogens with zero attached hydrogens (tertiary/aromatic N) is 2. The van der Waals surface area contributed by atoms with Gasteiger partial charge in [0.25, 0.3) is 0 Å². The minimum Gasteiger partial charge on any atom is -0.289 e. The van der Waals surface area contributed by atoms with Crippen LogP contribution in [0, 0.1) is 0 Å². The molecule has 0 bridgehead atoms. The van der Waals surface area contributed by atoms with Gasteiger partial charge in [-0.25, -0.2) is 13.4 Å². The molecule has 0 radical (unpaired) electrons. The van der Waals surface area contributed by atoms with Crippen LogP contribution in [0.2, 0.25) is 0 Å². The lowest BCUT2D eigenvalue weighted by Gasteiger charge is -2.08. The van der Waals surface area contributed by atoms with Gasteiger partial charge in [0.1, 0.15) is 10.7 Å². The molecule has 0 aliphatic rings. The Bertz CT molecular complexity index is 735. The van der Waals surface area contributed by atoms with Crippen molar-refractivity contribution < 1.29 is 21.6 Å². The number of imidazole rings is 1. The van der Waals surface area contributed by atoms with Gasteiger partial charge in [-0.3, -0.25) is 4.40 Å². The monoisotopic (exact) mass is 310 g/mol. The van der Waals surface area contributed by atoms with Gasteiger partial charge in [-0.15, -0.1) is 12.6 Å². The normalized spacial score (nSPS) is 13.1. The van der Waals surface area contributed by atoms with E-state index in [0.717, 1.165) is 16.5 Å². The second kappa shape index (κ2) is 4.41. The van der Waals surface area contributed by atoms with Gasteiger partial charge in [0.2, 0.25) is 0 Å². The highest BCUT2D eigenvalue weighted by molar-refractivity contribution is 7.92. The number of sulfone groups is 1. The molecule has 0 fully saturated rings. The van der Waals surface area contributed by atoms with E-state index in [0.29, 0.717) is 6.20 Å². The fraction of sp³-hybridized carbons (Fsp3) is 0.300. The third-order valence-corrected chi connectivity index (χ3v) is 4.76. The van der Waals surface area contributed by atoms with Crippen molar-refractivity contribution in [2.24, 2.45) is 0 Å². The average molecular weight is 310 g/mol. The predicted octanol–water partition coefficient (Wildman–Crippen LogP) is 2.44. The van der Waals surface area contributed by atoms with Crippen LogP contribution >= 0.6 is 12.6 Å². The first kappa shape index (κ1) is 14.2. The number of pyridine rings is 1. The van der Waals surface area contributed by atoms with Crippen molar-refractivity contribution in [1.82, 2.24) is 9.38 Å². The third-order valence-electron chi connectivity index (χ3n) is 2.56. The van der Waals surface area contributed by atoms with Crippen LogP contribution in [0.15, 0.2) is 28.4 Å². The number of hydrogen-bond donors (Lipinski definition) is 1. The van der Waals surface area contributed by atoms with Gasteiger partial charge >= 0.3 is 6.18 Å². The van der Waals surface area contributed by atoms with E-state index >= 15 is 0 Å². The molecule has 104 valence electrons. The van der Waals surface area contributed by atoms with E-state index < -0.39 is 21.6 Å². The molecule has 0 unspecified atom stereocenters. The fourth-order valence-corrected chi connectivity index (χ4v) is 3.27. The number of halogens is 3. The lowest BCUT2D eigenvalue weighted by Crippen LogP contribution is -2.10. The predicted molar refractivity (Wildman–Crippen MR) is 65.2 cm³/mol. The maximum absolute atomic E-state index is 12.6. The summed E-state index contributed by atoms with van der Waals surface area (Å²) < 4.78 is 62.5. The van der Waals surface area contributed by atoms with Gasteiger partial charge in [0.05, 0.1) is 11.3 Å². The van der Waals surface area contributed by atoms with E-state index in [4.69, 9.17) is 0 Å². The molecule has 2 rings (SSSR count). The van der Waals surface area contributed by atoms with Crippen LogP contribution in [-0.4, -0.2) is 23.6 Å². The summed E-state index contributed by atoms with van der Waals surface area (Å²) >= 11 is 3.92. The van der Waals surface area contributed by atoms with Crippen LogP contribution in [0.3, 0.4) is 0 Å². The molecule has 0 amide bonds. The van der Waals surface area contributed by atoms with E-state index in [9.17, 15) is 21.6 Å². The van der Waals surface area contributed by atoms with Gasteiger partial charge < -0.3 is 0 Å². The molecule has 0 saturated heterocycles. The topological polar surface area (TPSA) is 51.4 Å². The molecule has 19 heavy (non-hydrogen) atoms. The number of rotatable bonds is 2. The lowest BCUT2D eigenvalue weighted by molar-refractivity contribution is -0.137. The number of thiol groups is 1. The molecule has 9 heteroatoms. The first-order valence-corrected chi connectivity index (χ1v) is 7.28. The van der Waals surface area contributed by atoms with Gasteiger partial charge in [0, 0.05) is 6.20 Å². The Morgan fingerprint density at radius 1 is 1.37 bits per heavy atom. The minimum atomic E-state index is -4.55. The molecule has 0 N–H and O–H groups in total. The molecule has 4 nitrogen and oxygen atoms in total. The minimum absolute atomic E-state index is 0.102. The first-order chi connectivity index (χ1) is 8.66. The highest BCUT2D eigenvalue weighted by Gasteiger charge is 2.32. The van der Waals surface area contributed by atoms with Gasteiger partial charge in [-0.05, 0) is 12.1 Å². The number of fused-ring (bicyclic) bond motifs is 1. The van der Waals surface area contributed by atoms with E-state index in [-0.39, 0.29) is 21.5 Å². The van der Waals surface area contributed by atoms with E-state index in [1.165, 1.54) is 6.92 Å². The van der Waals surface area contributed by atoms with Crippen molar-refractivity contribution in [3.05, 3.63) is 23.9 Å². The number of aromatic nitrogens is 2. The van der Waals surface area contributed by atoms with Gasteiger partial charge in [-0.2, -0.15) is 13.2 Å². The standard InChI is InChI=1S/C10H9F3N2O2S2/c1-2-19(16,17)9-8(18)14-7-4-3-6(5-15(7)9)10(11,12)13/h3-5,18H,2H2,1H3. The molecule has 0 aliphatic heterocycles. The quantitative estimate of drug-likeness (QED) is 0.867. The summed E-state index contributed by atoms with van der Waals surface area (Å²) in [6, 6.07) is 1.95. The first-order valence-electron chi connectivity index (χ1n) is 5.18. The van der Waals surface area contributed by atoms with Crippen molar-refractivity contribution in [2.75, 3.05) is 5.75 Å². The zero-order valence-corrected chi connectivity index (χ0v) is 11.4. The van der Waals surface area contributed by atoms with E-state index in [1.54, 1.807) is 0 Å². The summed E-state index contributed by atoms with van der Waals surface area (Å²) in [7, 11) is -3.72. The molecule has 0 aliphatic carbocycles. The smallest absolute Gasteiger partial charge is 0.289 e. The molecule has 2 aromatic heterocycles. The van der Waals surface area contributed by atoms with Crippen molar-refractivity contribution in [2.45, 2.75) is 23.2 Å². The lowest BCUT2D eigenvalue weighted by atomic mass is 10.3. The summed E-state index contributed by atoms with van der Waals surface area (Å²) in [6.07, 6.45) is -3.84. The Morgan fingerprint density at radius 3 is 2.53 bits per heavy atom. The van der Waals surface area contributed by atoms with Gasteiger partial charge in [-0.1, -0.05) is 6.92 Å². The molecule has 0 atom stereocenters. The van der Waals surface area contributed by atoms with Crippen molar-refractivity contribution in [3.8, 4) is 0 Å². The molecular formula is C10H9F3N2O2S2. The number of hydrogen-bond acceptors (Lipinski definition) is 4. The Balaban J connectivity index is 2.81. The Hall–Kier alpha value is -1.22. The molecule has 0 saturated carbocycles. The molecule has 2 aromatic rings. The summed E-state index contributed by atoms with van der Waals surface area (Å²) in [6.45, 7) is 1.40. The molecular weight excluding hydrogens is 301 g/mol. The maximum atomic E-state index is 12.6. The Labute approximate surface area is 112 Å². The highest BCUT2D eigenvalue weighted by Crippen LogP contribution is 2.31. The summed E-state index contributed by atoms with van der Waals surface area (Å²) in [5, 5.41) is -0.430. The third kappa shape index (κ3) is 2.44. The van der Waals surface area contributed by atoms with Crippen LogP contribution < -0.4 is 0 Å². The van der Waals surface area contributed by atoms with Crippen LogP contribution in [0.5, 0.6) is 0 Å². The second-order valence-electron chi connectivity index (χ2n) is 3.79. The zero-order valence-electron chi connectivity index (χ0n) is 9.64. The number of alkyl halides is 3. The van der Waals surface area contributed by atoms with Crippen LogP contribution in [0.4, 0.5) is 13.2 Å². The van der Waals surface area contributed by atoms with Crippen LogP contribution in [0.25, 0.3) is 5.65 Å². The molecule has 0 spiro atoms. The van der Waals surface area contributed by atoms with E-state index in [1.807, 2.05) is 0 Å². The van der Waals surface area contributed by atoms with Crippen LogP contribution in [0.1, 0.15) is 12.5 Å². The summed E-state index contributed by atoms with van der Waals surface area (Å²) in [5.41, 5.74) is -0.844. The molecule has 0 aromatic carbocycles. The largest absolute Gasteiger partial charge is 0.417 e. The van der Waals surface area contributed by atoms with Crippen molar-refractivity contribution in [3.63, 3.8) is 0 Å².